The maximum Gasteiger partial charge on any atom is 0.229 e. The van der Waals surface area contributed by atoms with Crippen molar-refractivity contribution in [3.05, 3.63) is 35.8 Å². The number of para-hydroxylation sites is 1. The quantitative estimate of drug-likeness (QED) is 0.782. The van der Waals surface area contributed by atoms with Gasteiger partial charge in [-0.1, -0.05) is 12.1 Å². The first-order valence-corrected chi connectivity index (χ1v) is 5.94. The highest BCUT2D eigenvalue weighted by atomic mass is 19.1. The van der Waals surface area contributed by atoms with Gasteiger partial charge in [0.25, 0.3) is 0 Å². The molecule has 1 heterocycles. The van der Waals surface area contributed by atoms with Crippen molar-refractivity contribution < 1.29 is 18.3 Å². The average Bonchev–Trinajstić information content (AvgIpc) is 2.73. The number of ether oxygens (including phenoxy) is 1. The van der Waals surface area contributed by atoms with Crippen molar-refractivity contribution in [2.45, 2.75) is 24.9 Å². The molecule has 1 aromatic carbocycles. The smallest absolute Gasteiger partial charge is 0.229 e. The lowest BCUT2D eigenvalue weighted by Gasteiger charge is -2.37. The summed E-state index contributed by atoms with van der Waals surface area (Å²) in [6.07, 6.45) is 2.36. The zero-order valence-electron chi connectivity index (χ0n) is 10.0. The van der Waals surface area contributed by atoms with Gasteiger partial charge in [-0.15, -0.1) is 0 Å². The van der Waals surface area contributed by atoms with Crippen LogP contribution in [0.1, 0.15) is 29.8 Å². The molecule has 3 rings (SSSR count). The van der Waals surface area contributed by atoms with E-state index < -0.39 is 11.4 Å². The lowest BCUT2D eigenvalue weighted by molar-refractivity contribution is -0.0463. The summed E-state index contributed by atoms with van der Waals surface area (Å²) in [6, 6.07) is 6.21. The number of hydrogen-bond acceptors (Lipinski definition) is 3. The minimum atomic E-state index is -0.760. The van der Waals surface area contributed by atoms with Gasteiger partial charge in [-0.25, -0.2) is 4.39 Å². The largest absolute Gasteiger partial charge is 0.450 e. The molecule has 0 spiro atoms. The van der Waals surface area contributed by atoms with Crippen molar-refractivity contribution in [2.75, 3.05) is 7.11 Å². The molecule has 4 heteroatoms. The highest BCUT2D eigenvalue weighted by Gasteiger charge is 2.46. The summed E-state index contributed by atoms with van der Waals surface area (Å²) in [7, 11) is 1.53. The molecule has 0 amide bonds. The van der Waals surface area contributed by atoms with Crippen molar-refractivity contribution in [2.24, 2.45) is 0 Å². The molecule has 0 radical (unpaired) electrons. The first-order chi connectivity index (χ1) is 8.66. The van der Waals surface area contributed by atoms with E-state index in [9.17, 15) is 9.18 Å². The first kappa shape index (κ1) is 11.4. The van der Waals surface area contributed by atoms with Gasteiger partial charge in [-0.3, -0.25) is 4.79 Å². The Kier molecular flexibility index (Phi) is 2.48. The molecule has 0 unspecified atom stereocenters. The first-order valence-electron chi connectivity index (χ1n) is 5.94. The number of hydrogen-bond donors (Lipinski definition) is 0. The number of fused-ring (bicyclic) bond motifs is 1. The van der Waals surface area contributed by atoms with Crippen molar-refractivity contribution in [3.63, 3.8) is 0 Å². The van der Waals surface area contributed by atoms with E-state index in [1.54, 1.807) is 18.2 Å². The number of benzene rings is 1. The Balaban J connectivity index is 2.04. The summed E-state index contributed by atoms with van der Waals surface area (Å²) >= 11 is 0. The van der Waals surface area contributed by atoms with Gasteiger partial charge in [-0.05, 0) is 31.4 Å². The molecular weight excluding hydrogens is 235 g/mol. The van der Waals surface area contributed by atoms with E-state index in [-0.39, 0.29) is 17.1 Å². The van der Waals surface area contributed by atoms with Gasteiger partial charge in [0.15, 0.2) is 17.2 Å². The molecule has 1 fully saturated rings. The number of Topliss-reactive ketones (excluding diaryl/α,β-unsaturated/α-hetero) is 1. The van der Waals surface area contributed by atoms with Crippen LogP contribution < -0.4 is 0 Å². The molecule has 3 nitrogen and oxygen atoms in total. The molecule has 2 aromatic rings. The molecule has 1 aliphatic rings. The lowest BCUT2D eigenvalue weighted by atomic mass is 9.76. The van der Waals surface area contributed by atoms with E-state index in [1.165, 1.54) is 13.2 Å². The summed E-state index contributed by atoms with van der Waals surface area (Å²) in [5.74, 6) is -0.463. The molecule has 0 N–H and O–H groups in total. The van der Waals surface area contributed by atoms with Gasteiger partial charge in [0, 0.05) is 12.5 Å². The monoisotopic (exact) mass is 248 g/mol. The number of ketones is 1. The van der Waals surface area contributed by atoms with Gasteiger partial charge in [-0.2, -0.15) is 0 Å². The van der Waals surface area contributed by atoms with Gasteiger partial charge in [0.1, 0.15) is 5.60 Å². The summed E-state index contributed by atoms with van der Waals surface area (Å²) in [6.45, 7) is 0. The van der Waals surface area contributed by atoms with Crippen LogP contribution in [0.2, 0.25) is 0 Å². The molecular formula is C14H13FO3. The Bertz CT molecular complexity index is 605. The summed E-state index contributed by atoms with van der Waals surface area (Å²) in [4.78, 5) is 12.3. The third kappa shape index (κ3) is 1.49. The fourth-order valence-electron chi connectivity index (χ4n) is 2.39. The molecule has 94 valence electrons. The summed E-state index contributed by atoms with van der Waals surface area (Å²) < 4.78 is 24.2. The van der Waals surface area contributed by atoms with Crippen LogP contribution in [0.15, 0.2) is 28.7 Å². The maximum atomic E-state index is 13.5. The molecule has 0 aliphatic heterocycles. The Morgan fingerprint density at radius 1 is 1.44 bits per heavy atom. The second kappa shape index (κ2) is 3.92. The van der Waals surface area contributed by atoms with Crippen LogP contribution in [0.25, 0.3) is 11.0 Å². The Labute approximate surface area is 104 Å². The third-order valence-corrected chi connectivity index (χ3v) is 3.69. The van der Waals surface area contributed by atoms with Crippen LogP contribution in [0.3, 0.4) is 0 Å². The third-order valence-electron chi connectivity index (χ3n) is 3.69. The Morgan fingerprint density at radius 2 is 2.22 bits per heavy atom. The van der Waals surface area contributed by atoms with Crippen molar-refractivity contribution in [1.29, 1.82) is 0 Å². The average molecular weight is 248 g/mol. The minimum Gasteiger partial charge on any atom is -0.450 e. The summed E-state index contributed by atoms with van der Waals surface area (Å²) in [5.41, 5.74) is -0.629. The second-order valence-electron chi connectivity index (χ2n) is 4.65. The molecule has 0 atom stereocenters. The predicted octanol–water partition coefficient (Wildman–Crippen LogP) is 3.32. The van der Waals surface area contributed by atoms with E-state index in [2.05, 4.69) is 0 Å². The lowest BCUT2D eigenvalue weighted by Crippen LogP contribution is -2.46. The zero-order chi connectivity index (χ0) is 12.8. The van der Waals surface area contributed by atoms with Crippen LogP contribution >= 0.6 is 0 Å². The fourth-order valence-corrected chi connectivity index (χ4v) is 2.39. The van der Waals surface area contributed by atoms with Gasteiger partial charge in [0.05, 0.1) is 0 Å². The van der Waals surface area contributed by atoms with Crippen molar-refractivity contribution in [3.8, 4) is 0 Å². The minimum absolute atomic E-state index is 0.131. The molecule has 0 saturated heterocycles. The van der Waals surface area contributed by atoms with Crippen molar-refractivity contribution in [1.82, 2.24) is 0 Å². The van der Waals surface area contributed by atoms with E-state index in [0.717, 1.165) is 6.42 Å². The summed E-state index contributed by atoms with van der Waals surface area (Å²) in [5, 5.41) is 0.601. The van der Waals surface area contributed by atoms with Crippen LogP contribution in [0.4, 0.5) is 4.39 Å². The maximum absolute atomic E-state index is 13.5. The van der Waals surface area contributed by atoms with Crippen LogP contribution in [0, 0.1) is 5.82 Å². The SMILES string of the molecule is COC1(C(=O)c2cc3cccc(F)c3o2)CCC1. The molecule has 18 heavy (non-hydrogen) atoms. The molecule has 1 aliphatic carbocycles. The number of carbonyl (C=O) groups excluding carboxylic acids is 1. The van der Waals surface area contributed by atoms with Gasteiger partial charge in [0.2, 0.25) is 5.78 Å². The number of methoxy groups -OCH3 is 1. The number of furan rings is 1. The van der Waals surface area contributed by atoms with Gasteiger partial charge < -0.3 is 9.15 Å². The Hall–Kier alpha value is -1.68. The van der Waals surface area contributed by atoms with Crippen LogP contribution in [-0.2, 0) is 4.74 Å². The zero-order valence-corrected chi connectivity index (χ0v) is 10.0. The van der Waals surface area contributed by atoms with E-state index in [1.807, 2.05) is 0 Å². The fraction of sp³-hybridized carbons (Fsp3) is 0.357. The highest BCUT2D eigenvalue weighted by molar-refractivity contribution is 6.03. The molecule has 1 aromatic heterocycles. The number of rotatable bonds is 3. The van der Waals surface area contributed by atoms with E-state index >= 15 is 0 Å². The molecule has 1 saturated carbocycles. The number of carbonyl (C=O) groups is 1. The molecule has 0 bridgehead atoms. The highest BCUT2D eigenvalue weighted by Crippen LogP contribution is 2.39. The topological polar surface area (TPSA) is 39.4 Å². The van der Waals surface area contributed by atoms with Gasteiger partial charge >= 0.3 is 0 Å². The predicted molar refractivity (Wildman–Crippen MR) is 64.1 cm³/mol. The Morgan fingerprint density at radius 3 is 2.78 bits per heavy atom. The van der Waals surface area contributed by atoms with Crippen LogP contribution in [-0.4, -0.2) is 18.5 Å². The second-order valence-corrected chi connectivity index (χ2v) is 4.65. The normalized spacial score (nSPS) is 17.7. The van der Waals surface area contributed by atoms with E-state index in [0.29, 0.717) is 18.2 Å². The van der Waals surface area contributed by atoms with Crippen molar-refractivity contribution >= 4 is 16.8 Å². The standard InChI is InChI=1S/C14H13FO3/c1-17-14(6-3-7-14)13(16)11-8-9-4-2-5-10(15)12(9)18-11/h2,4-5,8H,3,6-7H2,1H3. The van der Waals surface area contributed by atoms with E-state index in [4.69, 9.17) is 9.15 Å². The number of halogens is 1. The van der Waals surface area contributed by atoms with Crippen LogP contribution in [0.5, 0.6) is 0 Å².